The summed E-state index contributed by atoms with van der Waals surface area (Å²) in [5.74, 6) is 0.00126. The van der Waals surface area contributed by atoms with Gasteiger partial charge in [-0.25, -0.2) is 9.67 Å². The number of benzene rings is 1. The van der Waals surface area contributed by atoms with Crippen molar-refractivity contribution in [3.05, 3.63) is 82.1 Å². The van der Waals surface area contributed by atoms with E-state index in [-0.39, 0.29) is 5.91 Å². The molecule has 4 rings (SSSR count). The Labute approximate surface area is 162 Å². The van der Waals surface area contributed by atoms with Gasteiger partial charge in [0.15, 0.2) is 0 Å². The molecule has 1 aliphatic carbocycles. The molecule has 1 N–H and O–H groups in total. The third-order valence-corrected chi connectivity index (χ3v) is 5.26. The minimum absolute atomic E-state index is 0.00126. The number of carbonyl (C=O) groups excluding carboxylic acids is 1. The molecule has 6 heteroatoms. The molecule has 1 amide bonds. The second kappa shape index (κ2) is 7.72. The number of hydrogen-bond donors (Lipinski definition) is 1. The van der Waals surface area contributed by atoms with Gasteiger partial charge in [0.05, 0.1) is 16.4 Å². The lowest BCUT2D eigenvalue weighted by atomic mass is 10.1. The fraction of sp³-hybridized carbons (Fsp3) is 0.190. The highest BCUT2D eigenvalue weighted by molar-refractivity contribution is 7.09. The van der Waals surface area contributed by atoms with Crippen LogP contribution in [0.15, 0.2) is 65.8 Å². The third-order valence-electron chi connectivity index (χ3n) is 4.48. The molecule has 2 aromatic heterocycles. The highest BCUT2D eigenvalue weighted by Crippen LogP contribution is 2.27. The average molecular weight is 376 g/mol. The van der Waals surface area contributed by atoms with Crippen LogP contribution in [0, 0.1) is 6.92 Å². The van der Waals surface area contributed by atoms with Crippen LogP contribution in [0.3, 0.4) is 0 Å². The van der Waals surface area contributed by atoms with Gasteiger partial charge in [0, 0.05) is 29.9 Å². The number of rotatable bonds is 6. The number of aryl methyl sites for hydroxylation is 1. The Balaban J connectivity index is 1.29. The zero-order valence-electron chi connectivity index (χ0n) is 15.1. The lowest BCUT2D eigenvalue weighted by Gasteiger charge is -2.07. The predicted molar refractivity (Wildman–Crippen MR) is 108 cm³/mol. The lowest BCUT2D eigenvalue weighted by Crippen LogP contribution is -2.26. The number of allylic oxidation sites excluding steroid dienone is 3. The van der Waals surface area contributed by atoms with Gasteiger partial charge in [-0.05, 0) is 55.2 Å². The van der Waals surface area contributed by atoms with E-state index in [4.69, 9.17) is 0 Å². The minimum Gasteiger partial charge on any atom is -0.352 e. The van der Waals surface area contributed by atoms with E-state index in [0.29, 0.717) is 13.0 Å². The number of aromatic nitrogens is 3. The van der Waals surface area contributed by atoms with Crippen LogP contribution >= 0.6 is 11.3 Å². The number of nitrogens with one attached hydrogen (secondary N) is 1. The third kappa shape index (κ3) is 4.06. The Morgan fingerprint density at radius 2 is 2.15 bits per heavy atom. The van der Waals surface area contributed by atoms with E-state index in [1.807, 2.05) is 47.5 Å². The molecule has 0 radical (unpaired) electrons. The Morgan fingerprint density at radius 3 is 2.85 bits per heavy atom. The molecule has 5 nitrogen and oxygen atoms in total. The minimum atomic E-state index is 0.00126. The van der Waals surface area contributed by atoms with Crippen molar-refractivity contribution < 1.29 is 4.79 Å². The zero-order valence-corrected chi connectivity index (χ0v) is 15.9. The Morgan fingerprint density at radius 1 is 1.30 bits per heavy atom. The van der Waals surface area contributed by atoms with Crippen LogP contribution in [0.4, 0.5) is 0 Å². The van der Waals surface area contributed by atoms with E-state index >= 15 is 0 Å². The van der Waals surface area contributed by atoms with Gasteiger partial charge < -0.3 is 5.32 Å². The van der Waals surface area contributed by atoms with E-state index in [2.05, 4.69) is 33.6 Å². The molecule has 1 aromatic carbocycles. The molecule has 0 atom stereocenters. The van der Waals surface area contributed by atoms with E-state index in [0.717, 1.165) is 34.0 Å². The smallest absolute Gasteiger partial charge is 0.247 e. The van der Waals surface area contributed by atoms with Crippen LogP contribution < -0.4 is 5.32 Å². The summed E-state index contributed by atoms with van der Waals surface area (Å²) in [6, 6.07) is 10.1. The summed E-state index contributed by atoms with van der Waals surface area (Å²) >= 11 is 1.63. The molecule has 136 valence electrons. The van der Waals surface area contributed by atoms with Crippen molar-refractivity contribution in [2.24, 2.45) is 0 Å². The van der Waals surface area contributed by atoms with Crippen LogP contribution in [-0.4, -0.2) is 27.2 Å². The van der Waals surface area contributed by atoms with Crippen molar-refractivity contribution in [1.29, 1.82) is 0 Å². The normalized spacial score (nSPS) is 13.4. The molecule has 0 bridgehead atoms. The number of amides is 1. The first-order valence-corrected chi connectivity index (χ1v) is 9.77. The molecule has 2 heterocycles. The predicted octanol–water partition coefficient (Wildman–Crippen LogP) is 3.71. The monoisotopic (exact) mass is 376 g/mol. The zero-order chi connectivity index (χ0) is 18.6. The van der Waals surface area contributed by atoms with Gasteiger partial charge in [-0.2, -0.15) is 5.10 Å². The fourth-order valence-corrected chi connectivity index (χ4v) is 3.65. The molecule has 0 saturated heterocycles. The quantitative estimate of drug-likeness (QED) is 0.713. The maximum Gasteiger partial charge on any atom is 0.247 e. The van der Waals surface area contributed by atoms with Gasteiger partial charge in [0.25, 0.3) is 0 Å². The molecule has 0 aliphatic heterocycles. The van der Waals surface area contributed by atoms with Gasteiger partial charge in [0.1, 0.15) is 0 Å². The molecule has 1 aliphatic rings. The summed E-state index contributed by atoms with van der Waals surface area (Å²) < 4.78 is 1.83. The van der Waals surface area contributed by atoms with Crippen molar-refractivity contribution in [2.75, 3.05) is 6.54 Å². The van der Waals surface area contributed by atoms with Crippen molar-refractivity contribution >= 4 is 22.8 Å². The van der Waals surface area contributed by atoms with Crippen LogP contribution in [0.25, 0.3) is 11.3 Å². The van der Waals surface area contributed by atoms with Gasteiger partial charge in [-0.1, -0.05) is 18.2 Å². The van der Waals surface area contributed by atoms with E-state index < -0.39 is 0 Å². The highest BCUT2D eigenvalue weighted by atomic mass is 32.1. The van der Waals surface area contributed by atoms with Crippen molar-refractivity contribution in [2.45, 2.75) is 19.8 Å². The molecule has 27 heavy (non-hydrogen) atoms. The lowest BCUT2D eigenvalue weighted by molar-refractivity contribution is -0.117. The van der Waals surface area contributed by atoms with Crippen LogP contribution in [-0.2, 0) is 11.2 Å². The van der Waals surface area contributed by atoms with Crippen molar-refractivity contribution in [1.82, 2.24) is 20.1 Å². The van der Waals surface area contributed by atoms with E-state index in [9.17, 15) is 4.79 Å². The Kier molecular flexibility index (Phi) is 4.98. The summed E-state index contributed by atoms with van der Waals surface area (Å²) in [6.45, 7) is 2.60. The highest BCUT2D eigenvalue weighted by Gasteiger charge is 2.16. The SMILES string of the molecule is Cc1nc(C2=CCC(C(=O)NCCc3ccc(-n4cccn4)cc3)=C2)cs1. The standard InChI is InChI=1S/C21H20N4OS/c1-15-24-20(14-27-15)17-5-6-18(13-17)21(26)22-11-9-16-3-7-19(8-4-16)25-12-2-10-23-25/h2-5,7-8,10,12-14H,6,9,11H2,1H3,(H,22,26). The first-order chi connectivity index (χ1) is 13.2. The maximum atomic E-state index is 12.4. The Bertz CT molecular complexity index is 997. The van der Waals surface area contributed by atoms with Gasteiger partial charge in [-0.15, -0.1) is 11.3 Å². The molecular formula is C21H20N4OS. The number of carbonyl (C=O) groups is 1. The van der Waals surface area contributed by atoms with Crippen molar-refractivity contribution in [3.8, 4) is 5.69 Å². The van der Waals surface area contributed by atoms with E-state index in [1.165, 1.54) is 5.56 Å². The summed E-state index contributed by atoms with van der Waals surface area (Å²) in [5, 5.41) is 10.3. The molecule has 3 aromatic rings. The van der Waals surface area contributed by atoms with Gasteiger partial charge in [0.2, 0.25) is 5.91 Å². The van der Waals surface area contributed by atoms with Crippen LogP contribution in [0.1, 0.15) is 22.7 Å². The number of nitrogens with zero attached hydrogens (tertiary/aromatic N) is 3. The van der Waals surface area contributed by atoms with Gasteiger partial charge >= 0.3 is 0 Å². The Hall–Kier alpha value is -2.99. The summed E-state index contributed by atoms with van der Waals surface area (Å²) in [6.07, 6.45) is 9.15. The molecule has 0 spiro atoms. The first kappa shape index (κ1) is 17.4. The van der Waals surface area contributed by atoms with E-state index in [1.54, 1.807) is 17.5 Å². The van der Waals surface area contributed by atoms with Gasteiger partial charge in [-0.3, -0.25) is 4.79 Å². The number of thiazole rings is 1. The summed E-state index contributed by atoms with van der Waals surface area (Å²) in [4.78, 5) is 16.9. The number of hydrogen-bond acceptors (Lipinski definition) is 4. The summed E-state index contributed by atoms with van der Waals surface area (Å²) in [5.41, 5.74) is 5.00. The molecule has 0 saturated carbocycles. The summed E-state index contributed by atoms with van der Waals surface area (Å²) in [7, 11) is 0. The molecule has 0 fully saturated rings. The second-order valence-electron chi connectivity index (χ2n) is 6.41. The molecule has 0 unspecified atom stereocenters. The fourth-order valence-electron chi connectivity index (χ4n) is 3.03. The topological polar surface area (TPSA) is 59.8 Å². The van der Waals surface area contributed by atoms with Crippen LogP contribution in [0.2, 0.25) is 0 Å². The molecular weight excluding hydrogens is 356 g/mol. The van der Waals surface area contributed by atoms with Crippen LogP contribution in [0.5, 0.6) is 0 Å². The maximum absolute atomic E-state index is 12.4. The first-order valence-electron chi connectivity index (χ1n) is 8.89. The van der Waals surface area contributed by atoms with Crippen molar-refractivity contribution in [3.63, 3.8) is 0 Å². The largest absolute Gasteiger partial charge is 0.352 e. The average Bonchev–Trinajstić information content (AvgIpc) is 3.43. The second-order valence-corrected chi connectivity index (χ2v) is 7.47.